The summed E-state index contributed by atoms with van der Waals surface area (Å²) in [6, 6.07) is 1.57. The molecule has 0 saturated carbocycles. The van der Waals surface area contributed by atoms with Crippen LogP contribution in [0.1, 0.15) is 44.6 Å². The lowest BCUT2D eigenvalue weighted by atomic mass is 10.2. The van der Waals surface area contributed by atoms with Crippen molar-refractivity contribution in [2.24, 2.45) is 10.9 Å². The highest BCUT2D eigenvalue weighted by molar-refractivity contribution is 6.35. The average Bonchev–Trinajstić information content (AvgIpc) is 2.43. The van der Waals surface area contributed by atoms with Crippen molar-refractivity contribution in [2.45, 2.75) is 39.0 Å². The smallest absolute Gasteiger partial charge is 0.233 e. The predicted octanol–water partition coefficient (Wildman–Crippen LogP) is 3.18. The van der Waals surface area contributed by atoms with Gasteiger partial charge in [0.05, 0.1) is 6.61 Å². The summed E-state index contributed by atoms with van der Waals surface area (Å²) in [5.74, 6) is 0.265. The number of nitrogens with zero attached hydrogens (tertiary/aromatic N) is 2. The van der Waals surface area contributed by atoms with E-state index in [0.29, 0.717) is 18.1 Å². The molecule has 106 valence electrons. The molecule has 0 amide bonds. The van der Waals surface area contributed by atoms with E-state index in [-0.39, 0.29) is 10.9 Å². The molecule has 0 aliphatic heterocycles. The van der Waals surface area contributed by atoms with Crippen LogP contribution in [0, 0.1) is 0 Å². The molecule has 0 aliphatic carbocycles. The molecule has 3 N–H and O–H groups in total. The van der Waals surface area contributed by atoms with Gasteiger partial charge in [-0.25, -0.2) is 4.98 Å². The lowest BCUT2D eigenvalue weighted by molar-refractivity contribution is 0.293. The Hall–Kier alpha value is -1.49. The van der Waals surface area contributed by atoms with Gasteiger partial charge in [0, 0.05) is 11.8 Å². The standard InChI is InChI=1S/C13H20ClN3O2/c1-2-3-4-5-6-9-19-13-11(14)10(7-8-16-13)12(15)17-18/h7-8,18H,2-6,9H2,1H3,(H2,15,17). The molecule has 0 aromatic carbocycles. The molecule has 0 aliphatic rings. The van der Waals surface area contributed by atoms with Crippen LogP contribution in [0.4, 0.5) is 0 Å². The van der Waals surface area contributed by atoms with Crippen LogP contribution >= 0.6 is 11.6 Å². The van der Waals surface area contributed by atoms with Crippen molar-refractivity contribution in [1.29, 1.82) is 0 Å². The zero-order valence-electron chi connectivity index (χ0n) is 11.1. The Morgan fingerprint density at radius 1 is 1.42 bits per heavy atom. The van der Waals surface area contributed by atoms with Gasteiger partial charge >= 0.3 is 0 Å². The van der Waals surface area contributed by atoms with Gasteiger partial charge in [-0.1, -0.05) is 49.4 Å². The molecule has 19 heavy (non-hydrogen) atoms. The second kappa shape index (κ2) is 8.58. The zero-order valence-corrected chi connectivity index (χ0v) is 11.9. The van der Waals surface area contributed by atoms with E-state index in [1.807, 2.05) is 0 Å². The molecule has 0 radical (unpaired) electrons. The summed E-state index contributed by atoms with van der Waals surface area (Å²) in [5, 5.41) is 11.8. The Bertz CT molecular complexity index is 424. The number of hydrogen-bond acceptors (Lipinski definition) is 4. The van der Waals surface area contributed by atoms with Gasteiger partial charge in [-0.3, -0.25) is 0 Å². The molecule has 1 aromatic rings. The van der Waals surface area contributed by atoms with Crippen molar-refractivity contribution >= 4 is 17.4 Å². The summed E-state index contributed by atoms with van der Waals surface area (Å²) < 4.78 is 5.52. The van der Waals surface area contributed by atoms with Crippen LogP contribution in [-0.4, -0.2) is 22.6 Å². The van der Waals surface area contributed by atoms with E-state index < -0.39 is 0 Å². The van der Waals surface area contributed by atoms with Gasteiger partial charge in [0.25, 0.3) is 0 Å². The maximum Gasteiger partial charge on any atom is 0.233 e. The first kappa shape index (κ1) is 15.6. The third-order valence-corrected chi connectivity index (χ3v) is 3.09. The van der Waals surface area contributed by atoms with Crippen molar-refractivity contribution in [3.63, 3.8) is 0 Å². The first-order valence-corrected chi connectivity index (χ1v) is 6.83. The van der Waals surface area contributed by atoms with Crippen LogP contribution in [0.15, 0.2) is 17.4 Å². The molecule has 1 aromatic heterocycles. The maximum atomic E-state index is 8.64. The summed E-state index contributed by atoms with van der Waals surface area (Å²) in [6.07, 6.45) is 7.29. The number of ether oxygens (including phenoxy) is 1. The molecule has 0 spiro atoms. The minimum absolute atomic E-state index is 0.0554. The number of aromatic nitrogens is 1. The van der Waals surface area contributed by atoms with Crippen LogP contribution in [0.3, 0.4) is 0 Å². The Balaban J connectivity index is 2.50. The molecular formula is C13H20ClN3O2. The summed E-state index contributed by atoms with van der Waals surface area (Å²) >= 11 is 6.09. The maximum absolute atomic E-state index is 8.64. The van der Waals surface area contributed by atoms with Crippen molar-refractivity contribution < 1.29 is 9.94 Å². The van der Waals surface area contributed by atoms with Gasteiger partial charge in [-0.2, -0.15) is 0 Å². The number of amidine groups is 1. The molecule has 6 heteroatoms. The van der Waals surface area contributed by atoms with E-state index >= 15 is 0 Å². The molecule has 0 unspecified atom stereocenters. The largest absolute Gasteiger partial charge is 0.477 e. The first-order valence-electron chi connectivity index (χ1n) is 6.45. The van der Waals surface area contributed by atoms with Crippen LogP contribution in [0.2, 0.25) is 5.02 Å². The fourth-order valence-corrected chi connectivity index (χ4v) is 1.91. The zero-order chi connectivity index (χ0) is 14.1. The van der Waals surface area contributed by atoms with Crippen molar-refractivity contribution in [3.8, 4) is 5.88 Å². The van der Waals surface area contributed by atoms with E-state index in [4.69, 9.17) is 27.3 Å². The molecular weight excluding hydrogens is 266 g/mol. The molecule has 5 nitrogen and oxygen atoms in total. The normalized spacial score (nSPS) is 11.6. The Labute approximate surface area is 118 Å². The topological polar surface area (TPSA) is 80.7 Å². The van der Waals surface area contributed by atoms with Crippen molar-refractivity contribution in [2.75, 3.05) is 6.61 Å². The van der Waals surface area contributed by atoms with Crippen molar-refractivity contribution in [1.82, 2.24) is 4.98 Å². The fourth-order valence-electron chi connectivity index (χ4n) is 1.65. The summed E-state index contributed by atoms with van der Waals surface area (Å²) in [6.45, 7) is 2.74. The number of unbranched alkanes of at least 4 members (excludes halogenated alkanes) is 4. The Morgan fingerprint density at radius 2 is 2.16 bits per heavy atom. The Kier molecular flexibility index (Phi) is 7.03. The van der Waals surface area contributed by atoms with Gasteiger partial charge in [-0.05, 0) is 12.5 Å². The third-order valence-electron chi connectivity index (χ3n) is 2.73. The second-order valence-electron chi connectivity index (χ2n) is 4.23. The van der Waals surface area contributed by atoms with Gasteiger partial charge in [0.2, 0.25) is 5.88 Å². The van der Waals surface area contributed by atoms with Crippen LogP contribution in [0.25, 0.3) is 0 Å². The number of rotatable bonds is 8. The lowest BCUT2D eigenvalue weighted by Gasteiger charge is -2.09. The van der Waals surface area contributed by atoms with E-state index in [1.165, 1.54) is 25.5 Å². The lowest BCUT2D eigenvalue weighted by Crippen LogP contribution is -2.14. The van der Waals surface area contributed by atoms with Crippen LogP contribution in [0.5, 0.6) is 5.88 Å². The highest BCUT2D eigenvalue weighted by atomic mass is 35.5. The summed E-state index contributed by atoms with van der Waals surface area (Å²) in [5.41, 5.74) is 5.92. The molecule has 0 atom stereocenters. The van der Waals surface area contributed by atoms with Gasteiger partial charge < -0.3 is 15.7 Å². The molecule has 0 bridgehead atoms. The molecule has 1 rings (SSSR count). The third kappa shape index (κ3) is 4.95. The van der Waals surface area contributed by atoms with Crippen LogP contribution < -0.4 is 10.5 Å². The first-order chi connectivity index (χ1) is 9.20. The summed E-state index contributed by atoms with van der Waals surface area (Å²) in [4.78, 5) is 4.04. The van der Waals surface area contributed by atoms with E-state index in [0.717, 1.165) is 12.8 Å². The molecule has 0 fully saturated rings. The SMILES string of the molecule is CCCCCCCOc1nccc(/C(N)=N/O)c1Cl. The Morgan fingerprint density at radius 3 is 2.84 bits per heavy atom. The number of hydrogen-bond donors (Lipinski definition) is 2. The monoisotopic (exact) mass is 285 g/mol. The molecule has 1 heterocycles. The highest BCUT2D eigenvalue weighted by Crippen LogP contribution is 2.25. The van der Waals surface area contributed by atoms with Gasteiger partial charge in [-0.15, -0.1) is 0 Å². The van der Waals surface area contributed by atoms with Gasteiger partial charge in [0.15, 0.2) is 5.84 Å². The number of halogens is 1. The van der Waals surface area contributed by atoms with E-state index in [2.05, 4.69) is 17.1 Å². The quantitative estimate of drug-likeness (QED) is 0.253. The predicted molar refractivity (Wildman–Crippen MR) is 76.0 cm³/mol. The van der Waals surface area contributed by atoms with Crippen molar-refractivity contribution in [3.05, 3.63) is 22.8 Å². The average molecular weight is 286 g/mol. The van der Waals surface area contributed by atoms with Crippen LogP contribution in [-0.2, 0) is 0 Å². The number of nitrogens with two attached hydrogens (primary N) is 1. The molecule has 0 saturated heterocycles. The fraction of sp³-hybridized carbons (Fsp3) is 0.538. The van der Waals surface area contributed by atoms with E-state index in [9.17, 15) is 0 Å². The second-order valence-corrected chi connectivity index (χ2v) is 4.60. The minimum atomic E-state index is -0.0554. The number of oxime groups is 1. The minimum Gasteiger partial charge on any atom is -0.477 e. The summed E-state index contributed by atoms with van der Waals surface area (Å²) in [7, 11) is 0. The number of pyridine rings is 1. The van der Waals surface area contributed by atoms with E-state index in [1.54, 1.807) is 6.07 Å². The van der Waals surface area contributed by atoms with Gasteiger partial charge in [0.1, 0.15) is 5.02 Å². The highest BCUT2D eigenvalue weighted by Gasteiger charge is 2.11.